The summed E-state index contributed by atoms with van der Waals surface area (Å²) in [6.07, 6.45) is 12.1. The average Bonchev–Trinajstić information content (AvgIpc) is 3.87. The fraction of sp³-hybridized carbons (Fsp3) is 0.851. The van der Waals surface area contributed by atoms with Gasteiger partial charge in [-0.3, -0.25) is 10.1 Å². The predicted molar refractivity (Wildman–Crippen MR) is 219 cm³/mol. The SMILES string of the molecule is C=C(C[C@@]12C[C@@H](C)C[C@@H](O1)[C@H]1O[C@]3(C[C@H]1O2)NC[C@H](C)C[C@@H]3C)[C@H]1O[C@@](O)([C@@H](O)[C@H]2C[C@@H]3O[C@]4(CC[C@@]5(CC=C[C@H](/C=C/CCC(=O)O)O5)O4)[C@@H](C)C[C@@H]3O2)[C@H](C)C[C@@H]1C. The van der Waals surface area contributed by atoms with Gasteiger partial charge in [0.05, 0.1) is 42.7 Å². The molecule has 0 saturated carbocycles. The number of piperidine rings is 1. The molecule has 20 atom stereocenters. The largest absolute Gasteiger partial charge is 0.481 e. The Kier molecular flexibility index (Phi) is 11.6. The fourth-order valence-electron chi connectivity index (χ4n) is 12.9. The molecule has 13 nitrogen and oxygen atoms in total. The first-order valence-electron chi connectivity index (χ1n) is 23.2. The lowest BCUT2D eigenvalue weighted by Gasteiger charge is -2.53. The first-order valence-corrected chi connectivity index (χ1v) is 23.2. The van der Waals surface area contributed by atoms with E-state index < -0.39 is 53.2 Å². The molecular formula is C47H71NO12. The van der Waals surface area contributed by atoms with Crippen LogP contribution in [-0.4, -0.2) is 112 Å². The lowest BCUT2D eigenvalue weighted by molar-refractivity contribution is -0.367. The molecule has 60 heavy (non-hydrogen) atoms. The molecule has 0 amide bonds. The topological polar surface area (TPSA) is 164 Å². The molecule has 0 aromatic carbocycles. The van der Waals surface area contributed by atoms with Crippen LogP contribution in [0.4, 0.5) is 0 Å². The average molecular weight is 842 g/mol. The number of ether oxygens (including phenoxy) is 8. The van der Waals surface area contributed by atoms with Crippen LogP contribution in [0.25, 0.3) is 0 Å². The molecule has 13 heteroatoms. The van der Waals surface area contributed by atoms with Gasteiger partial charge in [-0.2, -0.15) is 0 Å². The van der Waals surface area contributed by atoms with Crippen molar-refractivity contribution in [3.63, 3.8) is 0 Å². The molecule has 8 saturated heterocycles. The van der Waals surface area contributed by atoms with Crippen molar-refractivity contribution < 1.29 is 58.0 Å². The van der Waals surface area contributed by atoms with Gasteiger partial charge in [0, 0.05) is 69.7 Å². The highest BCUT2D eigenvalue weighted by atomic mass is 16.8. The molecule has 0 radical (unpaired) electrons. The number of aliphatic carboxylic acids is 1. The van der Waals surface area contributed by atoms with E-state index in [2.05, 4.69) is 52.6 Å². The molecule has 4 N–H and O–H groups in total. The van der Waals surface area contributed by atoms with Crippen LogP contribution < -0.4 is 5.32 Å². The predicted octanol–water partition coefficient (Wildman–Crippen LogP) is 6.26. The number of allylic oxidation sites excluding steroid dienone is 1. The number of rotatable bonds is 9. The van der Waals surface area contributed by atoms with Crippen LogP contribution >= 0.6 is 0 Å². The van der Waals surface area contributed by atoms with Gasteiger partial charge < -0.3 is 53.2 Å². The van der Waals surface area contributed by atoms with Crippen LogP contribution in [0, 0.1) is 35.5 Å². The van der Waals surface area contributed by atoms with E-state index in [4.69, 9.17) is 43.0 Å². The summed E-state index contributed by atoms with van der Waals surface area (Å²) in [6, 6.07) is 0. The highest BCUT2D eigenvalue weighted by Gasteiger charge is 2.64. The number of carboxylic acid groups (broad SMARTS) is 1. The number of aliphatic hydroxyl groups excluding tert-OH is 1. The second kappa shape index (κ2) is 16.0. The van der Waals surface area contributed by atoms with Crippen LogP contribution in [0.1, 0.15) is 125 Å². The minimum Gasteiger partial charge on any atom is -0.481 e. The number of carboxylic acids is 1. The molecule has 0 unspecified atom stereocenters. The van der Waals surface area contributed by atoms with E-state index in [1.54, 1.807) is 0 Å². The fourth-order valence-corrected chi connectivity index (χ4v) is 12.9. The Labute approximate surface area is 355 Å². The minimum atomic E-state index is -1.88. The molecule has 0 aromatic heterocycles. The van der Waals surface area contributed by atoms with Gasteiger partial charge >= 0.3 is 5.97 Å². The first-order chi connectivity index (χ1) is 28.4. The van der Waals surface area contributed by atoms with Crippen molar-refractivity contribution in [1.29, 1.82) is 0 Å². The van der Waals surface area contributed by atoms with E-state index in [1.807, 2.05) is 25.2 Å². The summed E-state index contributed by atoms with van der Waals surface area (Å²) in [5.74, 6) is -4.29. The Balaban J connectivity index is 0.845. The molecule has 9 aliphatic heterocycles. The molecule has 336 valence electrons. The molecule has 9 heterocycles. The van der Waals surface area contributed by atoms with Crippen LogP contribution in [0.2, 0.25) is 0 Å². The third-order valence-electron chi connectivity index (χ3n) is 15.9. The number of aliphatic hydroxyl groups is 2. The number of hydrogen-bond donors (Lipinski definition) is 4. The summed E-state index contributed by atoms with van der Waals surface area (Å²) < 4.78 is 54.2. The lowest BCUT2D eigenvalue weighted by Crippen LogP contribution is -2.62. The maximum atomic E-state index is 12.4. The highest BCUT2D eigenvalue weighted by molar-refractivity contribution is 5.66. The van der Waals surface area contributed by atoms with Gasteiger partial charge in [0.15, 0.2) is 23.1 Å². The van der Waals surface area contributed by atoms with Crippen LogP contribution in [0.15, 0.2) is 36.5 Å². The number of nitrogens with one attached hydrogen (secondary N) is 1. The molecule has 0 aliphatic carbocycles. The van der Waals surface area contributed by atoms with Crippen molar-refractivity contribution in [3.8, 4) is 0 Å². The van der Waals surface area contributed by atoms with E-state index in [9.17, 15) is 15.0 Å². The molecule has 0 aromatic rings. The normalized spacial score (nSPS) is 52.9. The van der Waals surface area contributed by atoms with E-state index in [0.717, 1.165) is 37.8 Å². The third kappa shape index (κ3) is 7.81. The third-order valence-corrected chi connectivity index (χ3v) is 15.9. The monoisotopic (exact) mass is 841 g/mol. The van der Waals surface area contributed by atoms with E-state index in [0.29, 0.717) is 69.1 Å². The van der Waals surface area contributed by atoms with E-state index in [1.165, 1.54) is 0 Å². The number of carbonyl (C=O) groups is 1. The van der Waals surface area contributed by atoms with Gasteiger partial charge in [0.25, 0.3) is 0 Å². The van der Waals surface area contributed by atoms with Crippen molar-refractivity contribution in [3.05, 3.63) is 36.5 Å². The molecule has 8 fully saturated rings. The van der Waals surface area contributed by atoms with Crippen molar-refractivity contribution in [2.75, 3.05) is 6.54 Å². The van der Waals surface area contributed by atoms with Gasteiger partial charge in [0.2, 0.25) is 0 Å². The highest BCUT2D eigenvalue weighted by Crippen LogP contribution is 2.56. The van der Waals surface area contributed by atoms with Gasteiger partial charge in [-0.1, -0.05) is 72.4 Å². The molecule has 2 bridgehead atoms. The van der Waals surface area contributed by atoms with Gasteiger partial charge in [-0.05, 0) is 61.3 Å². The minimum absolute atomic E-state index is 0.0112. The van der Waals surface area contributed by atoms with E-state index in [-0.39, 0.29) is 60.8 Å². The van der Waals surface area contributed by atoms with Crippen molar-refractivity contribution in [2.24, 2.45) is 35.5 Å². The second-order valence-electron chi connectivity index (χ2n) is 20.9. The zero-order valence-electron chi connectivity index (χ0n) is 36.6. The zero-order chi connectivity index (χ0) is 42.4. The standard InChI is InChI=1S/C47H71NO12/c1-26-18-36-41-38(24-45(58-41)30(5)17-27(2)25-48-45)56-44(22-26,55-36)23-29(4)40-28(3)19-32(7)47(52,59-40)42(51)37-21-35-34(53-37)20-31(6)46(57-35)16-15-43(60-46)14-10-12-33(54-43)11-8-9-13-39(49)50/h8,10-12,26-28,30-38,40-42,48,51-52H,4,9,13-25H2,1-3,5-7H3,(H,49,50)/b11-8+/t26-,27+,28-,30-,31-,32+,33-,34-,35-,36+,37+,38+,40-,41+,42-,43+,44-,45-,46-,47+/m0/s1. The van der Waals surface area contributed by atoms with E-state index >= 15 is 0 Å². The molecular weight excluding hydrogens is 771 g/mol. The Morgan fingerprint density at radius 3 is 2.45 bits per heavy atom. The van der Waals surface area contributed by atoms with Crippen molar-refractivity contribution >= 4 is 5.97 Å². The van der Waals surface area contributed by atoms with Gasteiger partial charge in [-0.15, -0.1) is 0 Å². The maximum Gasteiger partial charge on any atom is 0.303 e. The Hall–Kier alpha value is -1.75. The quantitative estimate of drug-likeness (QED) is 0.193. The molecule has 9 aliphatic rings. The summed E-state index contributed by atoms with van der Waals surface area (Å²) in [4.78, 5) is 11.0. The lowest BCUT2D eigenvalue weighted by atomic mass is 9.76. The van der Waals surface area contributed by atoms with Gasteiger partial charge in [-0.25, -0.2) is 0 Å². The maximum absolute atomic E-state index is 12.4. The number of hydrogen-bond acceptors (Lipinski definition) is 12. The van der Waals surface area contributed by atoms with Crippen LogP contribution in [0.3, 0.4) is 0 Å². The Morgan fingerprint density at radius 1 is 0.867 bits per heavy atom. The van der Waals surface area contributed by atoms with Crippen LogP contribution in [0.5, 0.6) is 0 Å². The summed E-state index contributed by atoms with van der Waals surface area (Å²) in [7, 11) is 0. The summed E-state index contributed by atoms with van der Waals surface area (Å²) in [5.41, 5.74) is 0.391. The van der Waals surface area contributed by atoms with Crippen molar-refractivity contribution in [2.45, 2.75) is 209 Å². The van der Waals surface area contributed by atoms with Crippen LogP contribution in [-0.2, 0) is 42.7 Å². The molecule has 3 spiro atoms. The summed E-state index contributed by atoms with van der Waals surface area (Å²) in [6.45, 7) is 18.5. The Bertz CT molecular complexity index is 1690. The van der Waals surface area contributed by atoms with Crippen molar-refractivity contribution in [1.82, 2.24) is 5.32 Å². The number of fused-ring (bicyclic) bond motifs is 5. The first kappa shape index (κ1) is 43.5. The second-order valence-corrected chi connectivity index (χ2v) is 20.9. The summed E-state index contributed by atoms with van der Waals surface area (Å²) >= 11 is 0. The zero-order valence-corrected chi connectivity index (χ0v) is 36.6. The smallest absolute Gasteiger partial charge is 0.303 e. The Morgan fingerprint density at radius 2 is 1.67 bits per heavy atom. The van der Waals surface area contributed by atoms with Gasteiger partial charge in [0.1, 0.15) is 17.9 Å². The molecule has 9 rings (SSSR count). The summed E-state index contributed by atoms with van der Waals surface area (Å²) in [5, 5.41) is 37.3.